The fourth-order valence-corrected chi connectivity index (χ4v) is 2.33. The summed E-state index contributed by atoms with van der Waals surface area (Å²) in [6.45, 7) is 5.76. The minimum absolute atomic E-state index is 1.07. The highest BCUT2D eigenvalue weighted by Crippen LogP contribution is 2.06. The molecule has 114 valence electrons. The molecule has 0 aliphatic heterocycles. The lowest BCUT2D eigenvalue weighted by atomic mass is 10.2. The first-order valence-electron chi connectivity index (χ1n) is 7.63. The monoisotopic (exact) mass is 277 g/mol. The highest BCUT2D eigenvalue weighted by Gasteiger charge is 2.06. The molecule has 0 aromatic heterocycles. The lowest BCUT2D eigenvalue weighted by Gasteiger charge is -2.24. The van der Waals surface area contributed by atoms with Gasteiger partial charge in [-0.1, -0.05) is 30.3 Å². The van der Waals surface area contributed by atoms with Crippen molar-refractivity contribution in [1.82, 2.24) is 14.7 Å². The summed E-state index contributed by atoms with van der Waals surface area (Å²) in [7, 11) is 8.59. The van der Waals surface area contributed by atoms with Gasteiger partial charge in [-0.2, -0.15) is 0 Å². The van der Waals surface area contributed by atoms with E-state index in [1.807, 2.05) is 0 Å². The number of hydrogen-bond donors (Lipinski definition) is 0. The predicted molar refractivity (Wildman–Crippen MR) is 88.1 cm³/mol. The van der Waals surface area contributed by atoms with Gasteiger partial charge in [0.25, 0.3) is 0 Å². The molecule has 0 radical (unpaired) electrons. The summed E-state index contributed by atoms with van der Waals surface area (Å²) in [5, 5.41) is 0. The average molecular weight is 277 g/mol. The lowest BCUT2D eigenvalue weighted by Crippen LogP contribution is -2.29. The quantitative estimate of drug-likeness (QED) is 0.650. The fraction of sp³-hybridized carbons (Fsp3) is 0.647. The van der Waals surface area contributed by atoms with Crippen LogP contribution in [0.4, 0.5) is 0 Å². The van der Waals surface area contributed by atoms with Crippen molar-refractivity contribution in [3.05, 3.63) is 35.9 Å². The molecule has 0 aliphatic carbocycles. The Morgan fingerprint density at radius 2 is 1.20 bits per heavy atom. The summed E-state index contributed by atoms with van der Waals surface area (Å²) in [6.07, 6.45) is 2.48. The maximum atomic E-state index is 2.59. The van der Waals surface area contributed by atoms with Crippen molar-refractivity contribution in [3.8, 4) is 0 Å². The van der Waals surface area contributed by atoms with E-state index in [2.05, 4.69) is 73.2 Å². The zero-order valence-electron chi connectivity index (χ0n) is 13.7. The van der Waals surface area contributed by atoms with Gasteiger partial charge in [0, 0.05) is 6.54 Å². The third kappa shape index (κ3) is 8.31. The van der Waals surface area contributed by atoms with Crippen LogP contribution in [0.3, 0.4) is 0 Å². The first kappa shape index (κ1) is 17.2. The Labute approximate surface area is 125 Å². The van der Waals surface area contributed by atoms with Crippen molar-refractivity contribution in [3.63, 3.8) is 0 Å². The van der Waals surface area contributed by atoms with E-state index >= 15 is 0 Å². The molecule has 1 rings (SSSR count). The van der Waals surface area contributed by atoms with Gasteiger partial charge in [-0.15, -0.1) is 0 Å². The van der Waals surface area contributed by atoms with Gasteiger partial charge >= 0.3 is 0 Å². The normalized spacial score (nSPS) is 11.8. The minimum atomic E-state index is 1.07. The Morgan fingerprint density at radius 1 is 0.700 bits per heavy atom. The van der Waals surface area contributed by atoms with Crippen LogP contribution in [0.2, 0.25) is 0 Å². The largest absolute Gasteiger partial charge is 0.309 e. The molecule has 0 bridgehead atoms. The highest BCUT2D eigenvalue weighted by molar-refractivity contribution is 5.14. The predicted octanol–water partition coefficient (Wildman–Crippen LogP) is 2.39. The molecule has 0 fully saturated rings. The topological polar surface area (TPSA) is 9.72 Å². The van der Waals surface area contributed by atoms with Gasteiger partial charge in [-0.25, -0.2) is 0 Å². The molecule has 0 saturated heterocycles. The van der Waals surface area contributed by atoms with E-state index in [0.29, 0.717) is 0 Å². The van der Waals surface area contributed by atoms with Gasteiger partial charge in [0.1, 0.15) is 0 Å². The smallest absolute Gasteiger partial charge is 0.0233 e. The Hall–Kier alpha value is -0.900. The second-order valence-electron chi connectivity index (χ2n) is 6.08. The average Bonchev–Trinajstić information content (AvgIpc) is 2.38. The highest BCUT2D eigenvalue weighted by atomic mass is 15.1. The standard InChI is InChI=1S/C17H31N3/c1-18(2)12-8-14-20(15-9-13-19(3)4)16-17-10-6-5-7-11-17/h5-7,10-11H,8-9,12-16H2,1-4H3. The first-order chi connectivity index (χ1) is 9.58. The van der Waals surface area contributed by atoms with Crippen LogP contribution in [0.15, 0.2) is 30.3 Å². The molecule has 0 atom stereocenters. The molecule has 0 spiro atoms. The molecule has 1 aromatic carbocycles. The number of benzene rings is 1. The molecule has 0 heterocycles. The summed E-state index contributed by atoms with van der Waals surface area (Å²) >= 11 is 0. The molecular weight excluding hydrogens is 246 g/mol. The van der Waals surface area contributed by atoms with Crippen molar-refractivity contribution in [1.29, 1.82) is 0 Å². The van der Waals surface area contributed by atoms with Crippen LogP contribution in [0.25, 0.3) is 0 Å². The lowest BCUT2D eigenvalue weighted by molar-refractivity contribution is 0.234. The molecule has 3 heteroatoms. The van der Waals surface area contributed by atoms with Crippen LogP contribution in [-0.4, -0.2) is 69.1 Å². The molecule has 0 unspecified atom stereocenters. The molecule has 0 amide bonds. The summed E-state index contributed by atoms with van der Waals surface area (Å²) < 4.78 is 0. The minimum Gasteiger partial charge on any atom is -0.309 e. The van der Waals surface area contributed by atoms with E-state index in [4.69, 9.17) is 0 Å². The molecule has 0 saturated carbocycles. The molecule has 3 nitrogen and oxygen atoms in total. The Bertz CT molecular complexity index is 321. The van der Waals surface area contributed by atoms with Crippen LogP contribution in [0.1, 0.15) is 18.4 Å². The van der Waals surface area contributed by atoms with E-state index in [0.717, 1.165) is 6.54 Å². The van der Waals surface area contributed by atoms with Gasteiger partial charge in [0.05, 0.1) is 0 Å². The molecule has 0 aliphatic rings. The molecular formula is C17H31N3. The van der Waals surface area contributed by atoms with Gasteiger partial charge in [0.2, 0.25) is 0 Å². The van der Waals surface area contributed by atoms with Crippen molar-refractivity contribution in [2.24, 2.45) is 0 Å². The van der Waals surface area contributed by atoms with E-state index in [9.17, 15) is 0 Å². The Morgan fingerprint density at radius 3 is 1.65 bits per heavy atom. The van der Waals surface area contributed by atoms with Gasteiger partial charge in [-0.05, 0) is 72.8 Å². The van der Waals surface area contributed by atoms with E-state index in [-0.39, 0.29) is 0 Å². The molecule has 1 aromatic rings. The fourth-order valence-electron chi connectivity index (χ4n) is 2.33. The van der Waals surface area contributed by atoms with E-state index < -0.39 is 0 Å². The second-order valence-corrected chi connectivity index (χ2v) is 6.08. The van der Waals surface area contributed by atoms with Crippen LogP contribution in [0.5, 0.6) is 0 Å². The Kier molecular flexibility index (Phi) is 8.51. The third-order valence-electron chi connectivity index (χ3n) is 3.41. The number of nitrogens with zero attached hydrogens (tertiary/aromatic N) is 3. The number of hydrogen-bond acceptors (Lipinski definition) is 3. The SMILES string of the molecule is CN(C)CCCN(CCCN(C)C)Cc1ccccc1. The summed E-state index contributed by atoms with van der Waals surface area (Å²) in [5.74, 6) is 0. The van der Waals surface area contributed by atoms with Gasteiger partial charge < -0.3 is 9.80 Å². The van der Waals surface area contributed by atoms with Gasteiger partial charge in [-0.3, -0.25) is 4.90 Å². The second kappa shape index (κ2) is 9.92. The van der Waals surface area contributed by atoms with Gasteiger partial charge in [0.15, 0.2) is 0 Å². The Balaban J connectivity index is 2.41. The van der Waals surface area contributed by atoms with Crippen LogP contribution >= 0.6 is 0 Å². The molecule has 20 heavy (non-hydrogen) atoms. The van der Waals surface area contributed by atoms with E-state index in [1.165, 1.54) is 44.6 Å². The third-order valence-corrected chi connectivity index (χ3v) is 3.41. The van der Waals surface area contributed by atoms with Crippen molar-refractivity contribution >= 4 is 0 Å². The first-order valence-corrected chi connectivity index (χ1v) is 7.63. The van der Waals surface area contributed by atoms with Crippen LogP contribution < -0.4 is 0 Å². The summed E-state index contributed by atoms with van der Waals surface area (Å²) in [4.78, 5) is 7.11. The zero-order valence-corrected chi connectivity index (χ0v) is 13.7. The zero-order chi connectivity index (χ0) is 14.8. The summed E-state index contributed by atoms with van der Waals surface area (Å²) in [5.41, 5.74) is 1.42. The van der Waals surface area contributed by atoms with Crippen LogP contribution in [0, 0.1) is 0 Å². The van der Waals surface area contributed by atoms with E-state index in [1.54, 1.807) is 0 Å². The van der Waals surface area contributed by atoms with Crippen molar-refractivity contribution < 1.29 is 0 Å². The van der Waals surface area contributed by atoms with Crippen molar-refractivity contribution in [2.75, 3.05) is 54.4 Å². The maximum absolute atomic E-state index is 2.59. The van der Waals surface area contributed by atoms with Crippen LogP contribution in [-0.2, 0) is 6.54 Å². The van der Waals surface area contributed by atoms with Crippen molar-refractivity contribution in [2.45, 2.75) is 19.4 Å². The summed E-state index contributed by atoms with van der Waals surface area (Å²) in [6, 6.07) is 10.8. The molecule has 0 N–H and O–H groups in total. The number of rotatable bonds is 10. The maximum Gasteiger partial charge on any atom is 0.0233 e.